The Kier molecular flexibility index (Phi) is 4.62. The number of esters is 1. The summed E-state index contributed by atoms with van der Waals surface area (Å²) in [5.74, 6) is -1.22. The fourth-order valence-electron chi connectivity index (χ4n) is 1.22. The van der Waals surface area contributed by atoms with Gasteiger partial charge in [-0.25, -0.2) is 4.79 Å². The van der Waals surface area contributed by atoms with E-state index in [9.17, 15) is 9.90 Å². The molecule has 0 fully saturated rings. The third-order valence-electron chi connectivity index (χ3n) is 2.01. The number of nitrogens with two attached hydrogens (primary N) is 2. The maximum absolute atomic E-state index is 11.4. The minimum absolute atomic E-state index is 0.0898. The molecule has 18 heavy (non-hydrogen) atoms. The first-order chi connectivity index (χ1) is 8.60. The number of ether oxygens (including phenoxy) is 2. The molecule has 0 saturated heterocycles. The van der Waals surface area contributed by atoms with Crippen molar-refractivity contribution in [3.05, 3.63) is 53.7 Å². The van der Waals surface area contributed by atoms with Crippen LogP contribution in [0.1, 0.15) is 0 Å². The highest BCUT2D eigenvalue weighted by Crippen LogP contribution is 2.19. The number of para-hydroxylation sites is 1. The quantitative estimate of drug-likeness (QED) is 0.315. The van der Waals surface area contributed by atoms with Gasteiger partial charge in [0.15, 0.2) is 17.2 Å². The van der Waals surface area contributed by atoms with Crippen molar-refractivity contribution >= 4 is 5.97 Å². The van der Waals surface area contributed by atoms with Gasteiger partial charge in [-0.3, -0.25) is 0 Å². The first-order valence-corrected chi connectivity index (χ1v) is 5.02. The maximum Gasteiger partial charge on any atom is 0.347 e. The van der Waals surface area contributed by atoms with Gasteiger partial charge in [0.05, 0.1) is 7.11 Å². The SMILES string of the molecule is COC(=O)C(=C(/N)O)/C(=C\N)Oc1ccccc1. The predicted molar refractivity (Wildman–Crippen MR) is 65.2 cm³/mol. The van der Waals surface area contributed by atoms with Gasteiger partial charge in [-0.2, -0.15) is 0 Å². The molecule has 0 aliphatic carbocycles. The Labute approximate surface area is 104 Å². The molecule has 0 aromatic heterocycles. The van der Waals surface area contributed by atoms with Crippen molar-refractivity contribution < 1.29 is 19.4 Å². The number of hydrogen-bond donors (Lipinski definition) is 3. The van der Waals surface area contributed by atoms with Gasteiger partial charge >= 0.3 is 5.97 Å². The summed E-state index contributed by atoms with van der Waals surface area (Å²) in [6, 6.07) is 8.61. The van der Waals surface area contributed by atoms with Crippen LogP contribution in [0.2, 0.25) is 0 Å². The van der Waals surface area contributed by atoms with E-state index in [0.717, 1.165) is 13.3 Å². The smallest absolute Gasteiger partial charge is 0.347 e. The van der Waals surface area contributed by atoms with E-state index in [-0.39, 0.29) is 11.3 Å². The largest absolute Gasteiger partial charge is 0.494 e. The lowest BCUT2D eigenvalue weighted by molar-refractivity contribution is -0.136. The molecule has 0 heterocycles. The Bertz CT molecular complexity index is 476. The second-order valence-corrected chi connectivity index (χ2v) is 3.20. The van der Waals surface area contributed by atoms with Crippen LogP contribution >= 0.6 is 0 Å². The normalized spacial score (nSPS) is 12.6. The molecule has 0 saturated carbocycles. The zero-order valence-corrected chi connectivity index (χ0v) is 9.79. The molecular weight excluding hydrogens is 236 g/mol. The molecule has 0 unspecified atom stereocenters. The molecule has 0 aliphatic heterocycles. The lowest BCUT2D eigenvalue weighted by Crippen LogP contribution is -2.18. The predicted octanol–water partition coefficient (Wildman–Crippen LogP) is 0.767. The number of rotatable bonds is 4. The third kappa shape index (κ3) is 3.18. The van der Waals surface area contributed by atoms with E-state index in [1.807, 2.05) is 0 Å². The van der Waals surface area contributed by atoms with E-state index in [4.69, 9.17) is 16.2 Å². The Morgan fingerprint density at radius 3 is 2.39 bits per heavy atom. The molecular formula is C12H14N2O4. The van der Waals surface area contributed by atoms with Crippen LogP contribution in [0, 0.1) is 0 Å². The van der Waals surface area contributed by atoms with Crippen LogP contribution in [-0.4, -0.2) is 18.2 Å². The van der Waals surface area contributed by atoms with Gasteiger partial charge in [0.1, 0.15) is 5.75 Å². The minimum Gasteiger partial charge on any atom is -0.494 e. The van der Waals surface area contributed by atoms with Crippen molar-refractivity contribution in [1.29, 1.82) is 0 Å². The van der Waals surface area contributed by atoms with Crippen LogP contribution in [0.15, 0.2) is 53.7 Å². The summed E-state index contributed by atoms with van der Waals surface area (Å²) in [7, 11) is 1.15. The fraction of sp³-hybridized carbons (Fsp3) is 0.0833. The first-order valence-electron chi connectivity index (χ1n) is 5.02. The average Bonchev–Trinajstić information content (AvgIpc) is 2.38. The second kappa shape index (κ2) is 6.19. The second-order valence-electron chi connectivity index (χ2n) is 3.20. The average molecular weight is 250 g/mol. The van der Waals surface area contributed by atoms with Crippen molar-refractivity contribution in [2.45, 2.75) is 0 Å². The van der Waals surface area contributed by atoms with Crippen LogP contribution in [0.5, 0.6) is 5.75 Å². The summed E-state index contributed by atoms with van der Waals surface area (Å²) in [5, 5.41) is 9.27. The number of aliphatic hydroxyl groups is 1. The van der Waals surface area contributed by atoms with E-state index >= 15 is 0 Å². The van der Waals surface area contributed by atoms with Crippen LogP contribution in [0.25, 0.3) is 0 Å². The summed E-state index contributed by atoms with van der Waals surface area (Å²) in [6.07, 6.45) is 1.02. The van der Waals surface area contributed by atoms with Gasteiger partial charge in [-0.15, -0.1) is 0 Å². The summed E-state index contributed by atoms with van der Waals surface area (Å²) in [6.45, 7) is 0. The molecule has 1 rings (SSSR count). The van der Waals surface area contributed by atoms with E-state index in [2.05, 4.69) is 4.74 Å². The Balaban J connectivity index is 3.04. The van der Waals surface area contributed by atoms with Crippen LogP contribution in [0.3, 0.4) is 0 Å². The van der Waals surface area contributed by atoms with E-state index in [0.29, 0.717) is 5.75 Å². The Hall–Kier alpha value is -2.63. The van der Waals surface area contributed by atoms with Crippen molar-refractivity contribution in [3.8, 4) is 5.75 Å². The Morgan fingerprint density at radius 2 is 1.94 bits per heavy atom. The van der Waals surface area contributed by atoms with Gasteiger partial charge in [-0.05, 0) is 12.1 Å². The molecule has 1 aromatic carbocycles. The van der Waals surface area contributed by atoms with Gasteiger partial charge in [0.2, 0.25) is 0 Å². The highest BCUT2D eigenvalue weighted by Gasteiger charge is 2.21. The van der Waals surface area contributed by atoms with Gasteiger partial charge in [0, 0.05) is 6.20 Å². The number of methoxy groups -OCH3 is 1. The van der Waals surface area contributed by atoms with Crippen molar-refractivity contribution in [1.82, 2.24) is 0 Å². The van der Waals surface area contributed by atoms with E-state index in [1.165, 1.54) is 0 Å². The summed E-state index contributed by atoms with van der Waals surface area (Å²) >= 11 is 0. The van der Waals surface area contributed by atoms with E-state index in [1.54, 1.807) is 30.3 Å². The molecule has 96 valence electrons. The molecule has 1 aromatic rings. The molecule has 0 bridgehead atoms. The van der Waals surface area contributed by atoms with Gasteiger partial charge in [-0.1, -0.05) is 18.2 Å². The summed E-state index contributed by atoms with van der Waals surface area (Å²) in [4.78, 5) is 11.4. The standard InChI is InChI=1S/C12H14N2O4/c1-17-12(16)10(11(14)15)9(7-13)18-8-5-3-2-4-6-8/h2-7,15H,13-14H2,1H3/b9-7+,11-10-. The fourth-order valence-corrected chi connectivity index (χ4v) is 1.22. The van der Waals surface area contributed by atoms with Crippen molar-refractivity contribution in [2.24, 2.45) is 11.5 Å². The summed E-state index contributed by atoms with van der Waals surface area (Å²) in [5.41, 5.74) is 10.2. The molecule has 0 aliphatic rings. The van der Waals surface area contributed by atoms with Crippen LogP contribution < -0.4 is 16.2 Å². The molecule has 0 radical (unpaired) electrons. The molecule has 0 atom stereocenters. The number of carbonyl (C=O) groups excluding carboxylic acids is 1. The van der Waals surface area contributed by atoms with Gasteiger partial charge < -0.3 is 26.0 Å². The number of carbonyl (C=O) groups is 1. The summed E-state index contributed by atoms with van der Waals surface area (Å²) < 4.78 is 9.83. The topological polar surface area (TPSA) is 108 Å². The van der Waals surface area contributed by atoms with Gasteiger partial charge in [0.25, 0.3) is 0 Å². The monoisotopic (exact) mass is 250 g/mol. The number of benzene rings is 1. The zero-order chi connectivity index (χ0) is 13.5. The maximum atomic E-state index is 11.4. The first kappa shape index (κ1) is 13.4. The lowest BCUT2D eigenvalue weighted by atomic mass is 10.2. The number of hydrogen-bond acceptors (Lipinski definition) is 6. The van der Waals surface area contributed by atoms with Crippen LogP contribution in [0.4, 0.5) is 0 Å². The highest BCUT2D eigenvalue weighted by molar-refractivity contribution is 5.93. The molecule has 5 N–H and O–H groups in total. The third-order valence-corrected chi connectivity index (χ3v) is 2.01. The lowest BCUT2D eigenvalue weighted by Gasteiger charge is -2.11. The molecule has 6 nitrogen and oxygen atoms in total. The molecule has 6 heteroatoms. The number of aliphatic hydroxyl groups excluding tert-OH is 1. The van der Waals surface area contributed by atoms with Crippen LogP contribution in [-0.2, 0) is 9.53 Å². The van der Waals surface area contributed by atoms with Crippen molar-refractivity contribution in [2.75, 3.05) is 7.11 Å². The highest BCUT2D eigenvalue weighted by atomic mass is 16.5. The minimum atomic E-state index is -0.845. The zero-order valence-electron chi connectivity index (χ0n) is 9.79. The Morgan fingerprint density at radius 1 is 1.33 bits per heavy atom. The van der Waals surface area contributed by atoms with Crippen molar-refractivity contribution in [3.63, 3.8) is 0 Å². The molecule has 0 spiro atoms. The molecule has 0 amide bonds. The van der Waals surface area contributed by atoms with E-state index < -0.39 is 11.9 Å².